The van der Waals surface area contributed by atoms with Crippen LogP contribution in [0.4, 0.5) is 0 Å². The molecule has 0 radical (unpaired) electrons. The highest BCUT2D eigenvalue weighted by molar-refractivity contribution is 6.22. The number of amides is 2. The quantitative estimate of drug-likeness (QED) is 0.459. The van der Waals surface area contributed by atoms with Crippen LogP contribution in [-0.4, -0.2) is 11.8 Å². The van der Waals surface area contributed by atoms with Gasteiger partial charge in [-0.25, -0.2) is 0 Å². The number of hydrogen-bond donors (Lipinski definition) is 1. The highest BCUT2D eigenvalue weighted by atomic mass is 16.2. The maximum atomic E-state index is 11.8. The molecular formula is C20H29NO2. The van der Waals surface area contributed by atoms with Gasteiger partial charge < -0.3 is 0 Å². The van der Waals surface area contributed by atoms with Crippen LogP contribution in [0.15, 0.2) is 18.2 Å². The molecule has 1 heterocycles. The van der Waals surface area contributed by atoms with Crippen LogP contribution in [-0.2, 0) is 6.42 Å². The van der Waals surface area contributed by atoms with Gasteiger partial charge in [0.1, 0.15) is 0 Å². The molecule has 0 saturated carbocycles. The van der Waals surface area contributed by atoms with Crippen LogP contribution in [0.1, 0.15) is 97.4 Å². The number of hydrogen-bond acceptors (Lipinski definition) is 2. The standard InChI is InChI=1S/C20H29NO2/c1-2-3-4-5-6-7-8-9-10-11-13-16-14-12-15-17-18(16)20(23)21-19(17)22/h12,14-15H,2-11,13H2,1H3,(H,21,22,23). The van der Waals surface area contributed by atoms with Gasteiger partial charge in [-0.15, -0.1) is 0 Å². The first-order valence-electron chi connectivity index (χ1n) is 9.21. The SMILES string of the molecule is CCCCCCCCCCCCc1cccc2c1C(=O)NC2=O. The fourth-order valence-corrected chi connectivity index (χ4v) is 3.30. The molecule has 3 nitrogen and oxygen atoms in total. The summed E-state index contributed by atoms with van der Waals surface area (Å²) in [5, 5.41) is 2.38. The second-order valence-electron chi connectivity index (χ2n) is 6.55. The Labute approximate surface area is 139 Å². The molecule has 0 aromatic heterocycles. The zero-order chi connectivity index (χ0) is 16.5. The number of fused-ring (bicyclic) bond motifs is 1. The summed E-state index contributed by atoms with van der Waals surface area (Å²) in [5.74, 6) is -0.484. The van der Waals surface area contributed by atoms with Crippen LogP contribution in [0.5, 0.6) is 0 Å². The minimum absolute atomic E-state index is 0.229. The number of aryl methyl sites for hydroxylation is 1. The summed E-state index contributed by atoms with van der Waals surface area (Å²) in [6.45, 7) is 2.25. The van der Waals surface area contributed by atoms with E-state index in [0.717, 1.165) is 18.4 Å². The molecule has 1 N–H and O–H groups in total. The number of rotatable bonds is 11. The van der Waals surface area contributed by atoms with Crippen molar-refractivity contribution in [3.8, 4) is 0 Å². The lowest BCUT2D eigenvalue weighted by Crippen LogP contribution is -2.20. The first-order chi connectivity index (χ1) is 11.2. The first kappa shape index (κ1) is 17.7. The molecule has 0 atom stereocenters. The van der Waals surface area contributed by atoms with E-state index in [1.165, 1.54) is 57.8 Å². The third-order valence-corrected chi connectivity index (χ3v) is 4.65. The molecule has 126 valence electrons. The fraction of sp³-hybridized carbons (Fsp3) is 0.600. The van der Waals surface area contributed by atoms with Gasteiger partial charge in [-0.2, -0.15) is 0 Å². The first-order valence-corrected chi connectivity index (χ1v) is 9.21. The minimum atomic E-state index is -0.255. The Hall–Kier alpha value is -1.64. The fourth-order valence-electron chi connectivity index (χ4n) is 3.30. The lowest BCUT2D eigenvalue weighted by molar-refractivity contribution is 0.0879. The van der Waals surface area contributed by atoms with Gasteiger partial charge in [-0.05, 0) is 24.5 Å². The average Bonchev–Trinajstić information content (AvgIpc) is 2.84. The summed E-state index contributed by atoms with van der Waals surface area (Å²) in [6, 6.07) is 5.59. The van der Waals surface area contributed by atoms with E-state index >= 15 is 0 Å². The van der Waals surface area contributed by atoms with Gasteiger partial charge in [0.05, 0.1) is 11.1 Å². The predicted molar refractivity (Wildman–Crippen MR) is 93.8 cm³/mol. The molecule has 1 aromatic rings. The van der Waals surface area contributed by atoms with E-state index in [2.05, 4.69) is 12.2 Å². The van der Waals surface area contributed by atoms with E-state index in [4.69, 9.17) is 0 Å². The summed E-state index contributed by atoms with van der Waals surface area (Å²) < 4.78 is 0. The largest absolute Gasteiger partial charge is 0.288 e. The Balaban J connectivity index is 1.63. The number of benzene rings is 1. The van der Waals surface area contributed by atoms with Crippen LogP contribution in [0.3, 0.4) is 0 Å². The topological polar surface area (TPSA) is 46.2 Å². The van der Waals surface area contributed by atoms with E-state index in [1.54, 1.807) is 6.07 Å². The molecule has 1 aromatic carbocycles. The van der Waals surface area contributed by atoms with Gasteiger partial charge in [0.25, 0.3) is 11.8 Å². The van der Waals surface area contributed by atoms with Crippen LogP contribution < -0.4 is 5.32 Å². The Bertz CT molecular complexity index is 536. The second-order valence-corrected chi connectivity index (χ2v) is 6.55. The molecule has 3 heteroatoms. The van der Waals surface area contributed by atoms with E-state index in [1.807, 2.05) is 12.1 Å². The molecule has 0 unspecified atom stereocenters. The van der Waals surface area contributed by atoms with Crippen molar-refractivity contribution in [2.24, 2.45) is 0 Å². The molecular weight excluding hydrogens is 286 g/mol. The van der Waals surface area contributed by atoms with Crippen molar-refractivity contribution in [3.63, 3.8) is 0 Å². The lowest BCUT2D eigenvalue weighted by Gasteiger charge is -2.06. The van der Waals surface area contributed by atoms with Crippen molar-refractivity contribution in [2.75, 3.05) is 0 Å². The van der Waals surface area contributed by atoms with Gasteiger partial charge in [-0.3, -0.25) is 14.9 Å². The van der Waals surface area contributed by atoms with Crippen LogP contribution in [0.25, 0.3) is 0 Å². The zero-order valence-corrected chi connectivity index (χ0v) is 14.3. The molecule has 2 amide bonds. The van der Waals surface area contributed by atoms with E-state index in [9.17, 15) is 9.59 Å². The molecule has 1 aliphatic heterocycles. The van der Waals surface area contributed by atoms with E-state index in [-0.39, 0.29) is 11.8 Å². The number of unbranched alkanes of at least 4 members (excludes halogenated alkanes) is 9. The monoisotopic (exact) mass is 315 g/mol. The van der Waals surface area contributed by atoms with E-state index < -0.39 is 0 Å². The highest BCUT2D eigenvalue weighted by Gasteiger charge is 2.28. The maximum absolute atomic E-state index is 11.8. The average molecular weight is 315 g/mol. The van der Waals surface area contributed by atoms with Crippen LogP contribution >= 0.6 is 0 Å². The Morgan fingerprint density at radius 2 is 1.39 bits per heavy atom. The molecule has 0 spiro atoms. The van der Waals surface area contributed by atoms with Crippen molar-refractivity contribution in [1.82, 2.24) is 5.32 Å². The molecule has 0 bridgehead atoms. The Kier molecular flexibility index (Phi) is 7.31. The number of carbonyl (C=O) groups is 2. The minimum Gasteiger partial charge on any atom is -0.288 e. The summed E-state index contributed by atoms with van der Waals surface area (Å²) in [7, 11) is 0. The molecule has 2 rings (SSSR count). The van der Waals surface area contributed by atoms with Crippen molar-refractivity contribution < 1.29 is 9.59 Å². The second kappa shape index (κ2) is 9.49. The highest BCUT2D eigenvalue weighted by Crippen LogP contribution is 2.22. The van der Waals surface area contributed by atoms with E-state index in [0.29, 0.717) is 11.1 Å². The summed E-state index contributed by atoms with van der Waals surface area (Å²) in [5.41, 5.74) is 2.17. The summed E-state index contributed by atoms with van der Waals surface area (Å²) in [4.78, 5) is 23.5. The summed E-state index contributed by atoms with van der Waals surface area (Å²) >= 11 is 0. The predicted octanol–water partition coefficient (Wildman–Crippen LogP) is 5.03. The van der Waals surface area contributed by atoms with Crippen molar-refractivity contribution in [2.45, 2.75) is 77.6 Å². The van der Waals surface area contributed by atoms with Gasteiger partial charge in [0.15, 0.2) is 0 Å². The third-order valence-electron chi connectivity index (χ3n) is 4.65. The number of carbonyl (C=O) groups excluding carboxylic acids is 2. The van der Waals surface area contributed by atoms with Crippen molar-refractivity contribution in [1.29, 1.82) is 0 Å². The number of imide groups is 1. The molecule has 0 fully saturated rings. The molecule has 0 aliphatic carbocycles. The Morgan fingerprint density at radius 3 is 2.04 bits per heavy atom. The normalized spacial score (nSPS) is 13.3. The Morgan fingerprint density at radius 1 is 0.783 bits per heavy atom. The van der Waals surface area contributed by atoms with Crippen LogP contribution in [0.2, 0.25) is 0 Å². The third kappa shape index (κ3) is 5.19. The zero-order valence-electron chi connectivity index (χ0n) is 14.3. The van der Waals surface area contributed by atoms with Gasteiger partial charge in [0, 0.05) is 0 Å². The molecule has 0 saturated heterocycles. The smallest absolute Gasteiger partial charge is 0.259 e. The maximum Gasteiger partial charge on any atom is 0.259 e. The molecule has 1 aliphatic rings. The van der Waals surface area contributed by atoms with Crippen LogP contribution in [0, 0.1) is 0 Å². The molecule has 23 heavy (non-hydrogen) atoms. The number of nitrogens with one attached hydrogen (secondary N) is 1. The van der Waals surface area contributed by atoms with Crippen molar-refractivity contribution in [3.05, 3.63) is 34.9 Å². The summed E-state index contributed by atoms with van der Waals surface area (Å²) in [6.07, 6.45) is 13.9. The van der Waals surface area contributed by atoms with Gasteiger partial charge in [-0.1, -0.05) is 76.8 Å². The van der Waals surface area contributed by atoms with Gasteiger partial charge in [0.2, 0.25) is 0 Å². The van der Waals surface area contributed by atoms with Crippen molar-refractivity contribution >= 4 is 11.8 Å². The lowest BCUT2D eigenvalue weighted by atomic mass is 9.97. The van der Waals surface area contributed by atoms with Gasteiger partial charge >= 0.3 is 0 Å².